The molecule has 0 radical (unpaired) electrons. The summed E-state index contributed by atoms with van der Waals surface area (Å²) in [6.45, 7) is 13.8. The molecule has 0 aromatic heterocycles. The van der Waals surface area contributed by atoms with Gasteiger partial charge in [0.25, 0.3) is 0 Å². The monoisotopic (exact) mass is 217 g/mol. The van der Waals surface area contributed by atoms with Crippen molar-refractivity contribution in [1.82, 2.24) is 0 Å². The minimum atomic E-state index is 1.24. The molecule has 1 heteroatoms. The molecular weight excluding hydrogens is 194 g/mol. The molecule has 0 amide bonds. The van der Waals surface area contributed by atoms with Crippen molar-refractivity contribution in [3.63, 3.8) is 0 Å². The van der Waals surface area contributed by atoms with Crippen LogP contribution in [0, 0.1) is 34.6 Å². The van der Waals surface area contributed by atoms with Gasteiger partial charge in [-0.25, -0.2) is 0 Å². The molecule has 16 heavy (non-hydrogen) atoms. The van der Waals surface area contributed by atoms with Gasteiger partial charge < -0.3 is 4.90 Å². The Bertz CT molecular complexity index is 383. The first kappa shape index (κ1) is 11.5. The summed E-state index contributed by atoms with van der Waals surface area (Å²) in [6, 6.07) is 0. The van der Waals surface area contributed by atoms with Crippen molar-refractivity contribution in [2.45, 2.75) is 47.5 Å². The summed E-state index contributed by atoms with van der Waals surface area (Å²) in [5, 5.41) is 0. The van der Waals surface area contributed by atoms with Gasteiger partial charge in [0, 0.05) is 18.8 Å². The summed E-state index contributed by atoms with van der Waals surface area (Å²) in [5.41, 5.74) is 8.91. The highest BCUT2D eigenvalue weighted by Gasteiger charge is 2.19. The summed E-state index contributed by atoms with van der Waals surface area (Å²) >= 11 is 0. The van der Waals surface area contributed by atoms with E-state index in [4.69, 9.17) is 0 Å². The molecule has 0 aliphatic carbocycles. The quantitative estimate of drug-likeness (QED) is 0.691. The fraction of sp³-hybridized carbons (Fsp3) is 0.600. The molecule has 1 nitrogen and oxygen atoms in total. The van der Waals surface area contributed by atoms with Gasteiger partial charge in [0.2, 0.25) is 0 Å². The van der Waals surface area contributed by atoms with Crippen LogP contribution in [0.4, 0.5) is 5.69 Å². The van der Waals surface area contributed by atoms with Gasteiger partial charge in [-0.05, 0) is 75.3 Å². The van der Waals surface area contributed by atoms with Gasteiger partial charge in [-0.2, -0.15) is 0 Å². The average Bonchev–Trinajstić information content (AvgIpc) is 2.77. The zero-order valence-electron chi connectivity index (χ0n) is 11.3. The summed E-state index contributed by atoms with van der Waals surface area (Å²) in [5.74, 6) is 0. The van der Waals surface area contributed by atoms with E-state index in [-0.39, 0.29) is 0 Å². The second-order valence-electron chi connectivity index (χ2n) is 5.17. The minimum absolute atomic E-state index is 1.24. The van der Waals surface area contributed by atoms with Crippen LogP contribution in [0.5, 0.6) is 0 Å². The van der Waals surface area contributed by atoms with E-state index in [1.165, 1.54) is 59.4 Å². The van der Waals surface area contributed by atoms with Crippen molar-refractivity contribution in [2.24, 2.45) is 0 Å². The zero-order chi connectivity index (χ0) is 11.9. The minimum Gasteiger partial charge on any atom is -0.371 e. The largest absolute Gasteiger partial charge is 0.371 e. The molecule has 1 fully saturated rings. The Morgan fingerprint density at radius 2 is 1.00 bits per heavy atom. The van der Waals surface area contributed by atoms with E-state index in [1.54, 1.807) is 0 Å². The lowest BCUT2D eigenvalue weighted by atomic mass is 9.92. The maximum atomic E-state index is 2.57. The highest BCUT2D eigenvalue weighted by Crippen LogP contribution is 2.34. The standard InChI is InChI=1S/C15H23N/c1-10-11(2)13(4)15(14(5)12(10)3)16-8-6-7-9-16/h6-9H2,1-5H3. The lowest BCUT2D eigenvalue weighted by molar-refractivity contribution is 0.944. The first-order chi connectivity index (χ1) is 7.54. The highest BCUT2D eigenvalue weighted by atomic mass is 15.1. The van der Waals surface area contributed by atoms with E-state index < -0.39 is 0 Å². The second kappa shape index (κ2) is 4.12. The van der Waals surface area contributed by atoms with Crippen molar-refractivity contribution >= 4 is 5.69 Å². The second-order valence-corrected chi connectivity index (χ2v) is 5.17. The van der Waals surface area contributed by atoms with Gasteiger partial charge in [0.15, 0.2) is 0 Å². The first-order valence-electron chi connectivity index (χ1n) is 6.36. The molecule has 0 atom stereocenters. The topological polar surface area (TPSA) is 3.24 Å². The van der Waals surface area contributed by atoms with Crippen LogP contribution in [-0.2, 0) is 0 Å². The third-order valence-corrected chi connectivity index (χ3v) is 4.38. The van der Waals surface area contributed by atoms with Crippen LogP contribution in [-0.4, -0.2) is 13.1 Å². The maximum absolute atomic E-state index is 2.57. The molecule has 1 heterocycles. The third-order valence-electron chi connectivity index (χ3n) is 4.38. The number of hydrogen-bond acceptors (Lipinski definition) is 1. The van der Waals surface area contributed by atoms with Crippen LogP contribution in [0.2, 0.25) is 0 Å². The van der Waals surface area contributed by atoms with Gasteiger partial charge in [0.05, 0.1) is 0 Å². The number of hydrogen-bond donors (Lipinski definition) is 0. The summed E-state index contributed by atoms with van der Waals surface area (Å²) < 4.78 is 0. The SMILES string of the molecule is Cc1c(C)c(C)c(N2CCCC2)c(C)c1C. The van der Waals surface area contributed by atoms with Crippen LogP contribution in [0.3, 0.4) is 0 Å². The van der Waals surface area contributed by atoms with Gasteiger partial charge in [-0.15, -0.1) is 0 Å². The van der Waals surface area contributed by atoms with Crippen molar-refractivity contribution < 1.29 is 0 Å². The Morgan fingerprint density at radius 3 is 1.44 bits per heavy atom. The average molecular weight is 217 g/mol. The highest BCUT2D eigenvalue weighted by molar-refractivity contribution is 5.66. The van der Waals surface area contributed by atoms with Gasteiger partial charge in [-0.1, -0.05) is 0 Å². The molecule has 1 aromatic rings. The van der Waals surface area contributed by atoms with Gasteiger partial charge in [0.1, 0.15) is 0 Å². The van der Waals surface area contributed by atoms with Crippen LogP contribution in [0.15, 0.2) is 0 Å². The summed E-state index contributed by atoms with van der Waals surface area (Å²) in [7, 11) is 0. The normalized spacial score (nSPS) is 15.9. The van der Waals surface area contributed by atoms with Crippen molar-refractivity contribution in [2.75, 3.05) is 18.0 Å². The first-order valence-corrected chi connectivity index (χ1v) is 6.36. The third kappa shape index (κ3) is 1.63. The molecule has 1 aliphatic heterocycles. The van der Waals surface area contributed by atoms with Crippen molar-refractivity contribution in [3.8, 4) is 0 Å². The van der Waals surface area contributed by atoms with Crippen molar-refractivity contribution in [1.29, 1.82) is 0 Å². The lowest BCUT2D eigenvalue weighted by Gasteiger charge is -2.26. The molecule has 2 rings (SSSR count). The Kier molecular flexibility index (Phi) is 2.96. The number of nitrogens with zero attached hydrogens (tertiary/aromatic N) is 1. The van der Waals surface area contributed by atoms with Gasteiger partial charge in [-0.3, -0.25) is 0 Å². The molecule has 0 N–H and O–H groups in total. The number of anilines is 1. The van der Waals surface area contributed by atoms with Gasteiger partial charge >= 0.3 is 0 Å². The molecule has 0 spiro atoms. The molecular formula is C15H23N. The molecule has 0 unspecified atom stereocenters. The Hall–Kier alpha value is -0.980. The molecule has 1 aliphatic rings. The summed E-state index contributed by atoms with van der Waals surface area (Å²) in [4.78, 5) is 2.57. The molecule has 0 saturated carbocycles. The molecule has 1 saturated heterocycles. The number of rotatable bonds is 1. The van der Waals surface area contributed by atoms with E-state index in [0.29, 0.717) is 0 Å². The maximum Gasteiger partial charge on any atom is 0.0431 e. The Balaban J connectivity index is 2.59. The van der Waals surface area contributed by atoms with Crippen LogP contribution in [0.25, 0.3) is 0 Å². The Labute approximate surface area is 99.5 Å². The molecule has 1 aromatic carbocycles. The van der Waals surface area contributed by atoms with E-state index in [0.717, 1.165) is 0 Å². The predicted molar refractivity (Wildman–Crippen MR) is 71.6 cm³/mol. The van der Waals surface area contributed by atoms with E-state index in [2.05, 4.69) is 39.5 Å². The predicted octanol–water partition coefficient (Wildman–Crippen LogP) is 3.83. The number of benzene rings is 1. The Morgan fingerprint density at radius 1 is 0.625 bits per heavy atom. The lowest BCUT2D eigenvalue weighted by Crippen LogP contribution is -2.21. The fourth-order valence-electron chi connectivity index (χ4n) is 2.90. The van der Waals surface area contributed by atoms with Crippen LogP contribution >= 0.6 is 0 Å². The molecule has 88 valence electrons. The van der Waals surface area contributed by atoms with Crippen LogP contribution < -0.4 is 4.90 Å². The van der Waals surface area contributed by atoms with E-state index >= 15 is 0 Å². The zero-order valence-corrected chi connectivity index (χ0v) is 11.3. The van der Waals surface area contributed by atoms with Crippen molar-refractivity contribution in [3.05, 3.63) is 27.8 Å². The smallest absolute Gasteiger partial charge is 0.0431 e. The molecule has 0 bridgehead atoms. The summed E-state index contributed by atoms with van der Waals surface area (Å²) in [6.07, 6.45) is 2.70. The fourth-order valence-corrected chi connectivity index (χ4v) is 2.90. The van der Waals surface area contributed by atoms with E-state index in [9.17, 15) is 0 Å². The van der Waals surface area contributed by atoms with Crippen LogP contribution in [0.1, 0.15) is 40.7 Å². The van der Waals surface area contributed by atoms with E-state index in [1.807, 2.05) is 0 Å².